The molecule has 1 aromatic heterocycles. The predicted molar refractivity (Wildman–Crippen MR) is 198 cm³/mol. The molecule has 0 bridgehead atoms. The second-order valence-corrected chi connectivity index (χ2v) is 12.4. The minimum atomic E-state index is -0.184. The zero-order chi connectivity index (χ0) is 32.4. The molecular formula is C44H37N3. The van der Waals surface area contributed by atoms with Crippen molar-refractivity contribution in [2.24, 2.45) is 0 Å². The number of aromatic nitrogens is 2. The Hall–Kier alpha value is -5.80. The van der Waals surface area contributed by atoms with E-state index < -0.39 is 0 Å². The molecule has 0 amide bonds. The molecule has 0 unspecified atom stereocenters. The topological polar surface area (TPSA) is 29.0 Å². The van der Waals surface area contributed by atoms with Crippen LogP contribution in [0, 0.1) is 0 Å². The van der Waals surface area contributed by atoms with Crippen LogP contribution in [-0.4, -0.2) is 9.97 Å². The highest BCUT2D eigenvalue weighted by Gasteiger charge is 2.36. The standard InChI is InChI=1S/C44H37N3/c1-5-6-9-17-31(2)39-30-40(32-18-10-7-11-19-32)46-43(45-39)35-21-16-20-33(28-35)34-26-27-42-38(29-34)44(3,4)37-24-14-15-25-41(37)47(42)36-22-12-8-13-23-36/h5-30H,1H2,2-4H3/b9-6-,31-17+. The molecule has 0 spiro atoms. The number of allylic oxidation sites excluding steroid dienone is 5. The van der Waals surface area contributed by atoms with Crippen LogP contribution >= 0.6 is 0 Å². The lowest BCUT2D eigenvalue weighted by Gasteiger charge is -2.42. The highest BCUT2D eigenvalue weighted by atomic mass is 15.2. The van der Waals surface area contributed by atoms with Crippen LogP contribution in [0.4, 0.5) is 17.1 Å². The van der Waals surface area contributed by atoms with Crippen molar-refractivity contribution in [3.8, 4) is 33.8 Å². The van der Waals surface area contributed by atoms with Crippen molar-refractivity contribution in [3.63, 3.8) is 0 Å². The Morgan fingerprint density at radius 3 is 2.06 bits per heavy atom. The van der Waals surface area contributed by atoms with Crippen LogP contribution in [-0.2, 0) is 5.41 Å². The van der Waals surface area contributed by atoms with Crippen molar-refractivity contribution >= 4 is 22.6 Å². The van der Waals surface area contributed by atoms with Crippen molar-refractivity contribution in [2.75, 3.05) is 4.90 Å². The van der Waals surface area contributed by atoms with Gasteiger partial charge in [0.2, 0.25) is 0 Å². The monoisotopic (exact) mass is 607 g/mol. The second-order valence-electron chi connectivity index (χ2n) is 12.4. The van der Waals surface area contributed by atoms with Crippen molar-refractivity contribution < 1.29 is 0 Å². The zero-order valence-corrected chi connectivity index (χ0v) is 27.1. The summed E-state index contributed by atoms with van der Waals surface area (Å²) in [4.78, 5) is 12.5. The van der Waals surface area contributed by atoms with E-state index in [9.17, 15) is 0 Å². The molecule has 47 heavy (non-hydrogen) atoms. The molecule has 2 heterocycles. The highest BCUT2D eigenvalue weighted by Crippen LogP contribution is 2.52. The summed E-state index contributed by atoms with van der Waals surface area (Å²) in [5.74, 6) is 0.700. The molecular weight excluding hydrogens is 571 g/mol. The Morgan fingerprint density at radius 1 is 0.617 bits per heavy atom. The number of rotatable bonds is 7. The molecule has 0 atom stereocenters. The first-order valence-electron chi connectivity index (χ1n) is 16.0. The number of benzene rings is 5. The van der Waals surface area contributed by atoms with E-state index in [-0.39, 0.29) is 5.41 Å². The molecule has 3 heteroatoms. The molecule has 5 aromatic carbocycles. The molecule has 1 aliphatic heterocycles. The summed E-state index contributed by atoms with van der Waals surface area (Å²) in [5, 5.41) is 0. The average molecular weight is 608 g/mol. The van der Waals surface area contributed by atoms with Crippen molar-refractivity contribution in [2.45, 2.75) is 26.2 Å². The number of fused-ring (bicyclic) bond motifs is 2. The molecule has 0 radical (unpaired) electrons. The van der Waals surface area contributed by atoms with Gasteiger partial charge in [-0.3, -0.25) is 0 Å². The van der Waals surface area contributed by atoms with Gasteiger partial charge < -0.3 is 4.90 Å². The normalized spacial score (nSPS) is 13.7. The summed E-state index contributed by atoms with van der Waals surface area (Å²) < 4.78 is 0. The first-order chi connectivity index (χ1) is 22.9. The van der Waals surface area contributed by atoms with Gasteiger partial charge in [-0.15, -0.1) is 0 Å². The van der Waals surface area contributed by atoms with Crippen LogP contribution in [0.2, 0.25) is 0 Å². The predicted octanol–water partition coefficient (Wildman–Crippen LogP) is 11.7. The number of nitrogens with zero attached hydrogens (tertiary/aromatic N) is 3. The van der Waals surface area contributed by atoms with Crippen molar-refractivity contribution in [1.82, 2.24) is 9.97 Å². The van der Waals surface area contributed by atoms with E-state index in [2.05, 4.69) is 154 Å². The molecule has 0 saturated carbocycles. The van der Waals surface area contributed by atoms with E-state index in [1.54, 1.807) is 6.08 Å². The second kappa shape index (κ2) is 12.5. The van der Waals surface area contributed by atoms with Crippen LogP contribution in [0.3, 0.4) is 0 Å². The summed E-state index contributed by atoms with van der Waals surface area (Å²) in [6.45, 7) is 10.5. The molecule has 0 saturated heterocycles. The van der Waals surface area contributed by atoms with E-state index in [4.69, 9.17) is 9.97 Å². The smallest absolute Gasteiger partial charge is 0.160 e. The summed E-state index contributed by atoms with van der Waals surface area (Å²) in [7, 11) is 0. The lowest BCUT2D eigenvalue weighted by atomic mass is 9.73. The highest BCUT2D eigenvalue weighted by molar-refractivity contribution is 5.87. The Labute approximate surface area is 277 Å². The largest absolute Gasteiger partial charge is 0.310 e. The molecule has 1 aliphatic rings. The van der Waals surface area contributed by atoms with E-state index in [1.807, 2.05) is 30.4 Å². The number of anilines is 3. The summed E-state index contributed by atoms with van der Waals surface area (Å²) in [5.41, 5.74) is 13.2. The first-order valence-corrected chi connectivity index (χ1v) is 16.0. The van der Waals surface area contributed by atoms with Crippen molar-refractivity contribution in [1.29, 1.82) is 0 Å². The van der Waals surface area contributed by atoms with Gasteiger partial charge in [0.25, 0.3) is 0 Å². The van der Waals surface area contributed by atoms with Gasteiger partial charge in [0.15, 0.2) is 5.82 Å². The van der Waals surface area contributed by atoms with E-state index in [1.165, 1.54) is 22.5 Å². The van der Waals surface area contributed by atoms with Crippen LogP contribution in [0.1, 0.15) is 37.6 Å². The minimum absolute atomic E-state index is 0.184. The Morgan fingerprint density at radius 2 is 1.28 bits per heavy atom. The minimum Gasteiger partial charge on any atom is -0.310 e. The van der Waals surface area contributed by atoms with Gasteiger partial charge in [-0.25, -0.2) is 9.97 Å². The molecule has 0 aliphatic carbocycles. The SMILES string of the molecule is C=C/C=C\C=C(/C)c1cc(-c2ccccc2)nc(-c2cccc(-c3ccc4c(c3)C(C)(C)c3ccccc3N4c3ccccc3)c2)n1. The number of hydrogen-bond donors (Lipinski definition) is 0. The molecule has 0 fully saturated rings. The van der Waals surface area contributed by atoms with Gasteiger partial charge in [0.05, 0.1) is 22.8 Å². The van der Waals surface area contributed by atoms with Gasteiger partial charge >= 0.3 is 0 Å². The van der Waals surface area contributed by atoms with Crippen LogP contribution in [0.15, 0.2) is 164 Å². The third kappa shape index (κ3) is 5.73. The lowest BCUT2D eigenvalue weighted by Crippen LogP contribution is -2.30. The fourth-order valence-corrected chi connectivity index (χ4v) is 6.48. The number of hydrogen-bond acceptors (Lipinski definition) is 3. The van der Waals surface area contributed by atoms with E-state index in [0.29, 0.717) is 5.82 Å². The average Bonchev–Trinajstić information content (AvgIpc) is 3.12. The fraction of sp³-hybridized carbons (Fsp3) is 0.0909. The molecule has 6 aromatic rings. The Bertz CT molecular complexity index is 2140. The van der Waals surface area contributed by atoms with Gasteiger partial charge in [-0.1, -0.05) is 136 Å². The fourth-order valence-electron chi connectivity index (χ4n) is 6.48. The summed E-state index contributed by atoms with van der Waals surface area (Å²) in [6.07, 6.45) is 7.74. The maximum atomic E-state index is 5.07. The quantitative estimate of drug-likeness (QED) is 0.169. The lowest BCUT2D eigenvalue weighted by molar-refractivity contribution is 0.632. The number of para-hydroxylation sites is 2. The zero-order valence-electron chi connectivity index (χ0n) is 27.1. The van der Waals surface area contributed by atoms with Gasteiger partial charge in [0.1, 0.15) is 0 Å². The van der Waals surface area contributed by atoms with E-state index >= 15 is 0 Å². The van der Waals surface area contributed by atoms with Crippen LogP contribution in [0.5, 0.6) is 0 Å². The third-order valence-corrected chi connectivity index (χ3v) is 8.99. The molecule has 228 valence electrons. The molecule has 0 N–H and O–H groups in total. The van der Waals surface area contributed by atoms with Crippen LogP contribution < -0.4 is 4.90 Å². The Balaban J connectivity index is 1.34. The first kappa shape index (κ1) is 29.9. The maximum absolute atomic E-state index is 5.07. The maximum Gasteiger partial charge on any atom is 0.160 e. The summed E-state index contributed by atoms with van der Waals surface area (Å²) in [6, 6.07) is 47.3. The van der Waals surface area contributed by atoms with E-state index in [0.717, 1.165) is 44.9 Å². The van der Waals surface area contributed by atoms with Gasteiger partial charge in [-0.05, 0) is 77.2 Å². The van der Waals surface area contributed by atoms with Crippen molar-refractivity contribution in [3.05, 3.63) is 181 Å². The molecule has 3 nitrogen and oxygen atoms in total. The third-order valence-electron chi connectivity index (χ3n) is 8.99. The van der Waals surface area contributed by atoms with Gasteiger partial charge in [0, 0.05) is 22.2 Å². The molecule has 7 rings (SSSR count). The Kier molecular flexibility index (Phi) is 7.97. The van der Waals surface area contributed by atoms with Crippen LogP contribution in [0.25, 0.3) is 39.3 Å². The van der Waals surface area contributed by atoms with Gasteiger partial charge in [-0.2, -0.15) is 0 Å². The summed E-state index contributed by atoms with van der Waals surface area (Å²) >= 11 is 0.